The summed E-state index contributed by atoms with van der Waals surface area (Å²) in [6.45, 7) is -2.00. The van der Waals surface area contributed by atoms with Crippen molar-refractivity contribution in [2.24, 2.45) is 0 Å². The molecule has 8 heteroatoms. The normalized spacial score (nSPS) is 13.5. The monoisotopic (exact) mass is 405 g/mol. The molecular weight excluding hydrogens is 384 g/mol. The Morgan fingerprint density at radius 1 is 1.10 bits per heavy atom. The second-order valence-corrected chi connectivity index (χ2v) is 6.57. The summed E-state index contributed by atoms with van der Waals surface area (Å²) in [4.78, 5) is 24.2. The van der Waals surface area contributed by atoms with Gasteiger partial charge in [0.15, 0.2) is 12.7 Å². The first-order valence-electron chi connectivity index (χ1n) is 9.21. The average Bonchev–Trinajstić information content (AvgIpc) is 3.15. The van der Waals surface area contributed by atoms with Crippen LogP contribution in [0.4, 0.5) is 14.5 Å². The smallest absolute Gasteiger partial charge is 0.387 e. The Bertz CT molecular complexity index is 887. The van der Waals surface area contributed by atoms with Crippen molar-refractivity contribution in [1.82, 2.24) is 0 Å². The number of hydrogen-bond acceptors (Lipinski definition) is 5. The highest BCUT2D eigenvalue weighted by Gasteiger charge is 2.20. The lowest BCUT2D eigenvalue weighted by molar-refractivity contribution is -0.155. The van der Waals surface area contributed by atoms with Crippen LogP contribution in [0.1, 0.15) is 24.5 Å². The predicted molar refractivity (Wildman–Crippen MR) is 101 cm³/mol. The number of nitrogens with one attached hydrogen (secondary N) is 1. The molecule has 3 rings (SSSR count). The van der Waals surface area contributed by atoms with Crippen molar-refractivity contribution < 1.29 is 32.6 Å². The number of fused-ring (bicyclic) bond motifs is 1. The van der Waals surface area contributed by atoms with Gasteiger partial charge in [-0.3, -0.25) is 4.79 Å². The molecule has 2 aromatic carbocycles. The standard InChI is InChI=1S/C21H21F2NO5/c1-13(20(26)24-17-7-2-3-8-18(17)29-21(22)23)28-19(25)12-27-16-10-9-14-5-4-6-15(14)11-16/h2-3,7-11,13,21H,4-6,12H2,1H3,(H,24,26)/t13-/m1/s1. The maximum Gasteiger partial charge on any atom is 0.387 e. The SMILES string of the molecule is C[C@@H](OC(=O)COc1ccc2c(c1)CCC2)C(=O)Nc1ccccc1OC(F)F. The maximum atomic E-state index is 12.4. The van der Waals surface area contributed by atoms with E-state index in [2.05, 4.69) is 10.1 Å². The highest BCUT2D eigenvalue weighted by molar-refractivity contribution is 5.96. The highest BCUT2D eigenvalue weighted by Crippen LogP contribution is 2.27. The molecule has 0 bridgehead atoms. The number of amides is 1. The van der Waals surface area contributed by atoms with E-state index in [0.717, 1.165) is 19.3 Å². The van der Waals surface area contributed by atoms with Crippen LogP contribution in [-0.4, -0.2) is 31.2 Å². The van der Waals surface area contributed by atoms with Crippen molar-refractivity contribution >= 4 is 17.6 Å². The quantitative estimate of drug-likeness (QED) is 0.678. The number of para-hydroxylation sites is 2. The molecule has 0 heterocycles. The zero-order chi connectivity index (χ0) is 20.8. The molecule has 0 unspecified atom stereocenters. The zero-order valence-corrected chi connectivity index (χ0v) is 15.8. The maximum absolute atomic E-state index is 12.4. The highest BCUT2D eigenvalue weighted by atomic mass is 19.3. The van der Waals surface area contributed by atoms with E-state index in [1.54, 1.807) is 12.1 Å². The van der Waals surface area contributed by atoms with Gasteiger partial charge in [-0.05, 0) is 61.6 Å². The average molecular weight is 405 g/mol. The number of carbonyl (C=O) groups excluding carboxylic acids is 2. The van der Waals surface area contributed by atoms with Crippen LogP contribution >= 0.6 is 0 Å². The fourth-order valence-corrected chi connectivity index (χ4v) is 3.07. The van der Waals surface area contributed by atoms with E-state index in [4.69, 9.17) is 9.47 Å². The molecule has 0 aliphatic heterocycles. The fraction of sp³-hybridized carbons (Fsp3) is 0.333. The molecule has 1 atom stereocenters. The van der Waals surface area contributed by atoms with E-state index in [-0.39, 0.29) is 18.0 Å². The Balaban J connectivity index is 1.50. The molecule has 6 nitrogen and oxygen atoms in total. The van der Waals surface area contributed by atoms with E-state index >= 15 is 0 Å². The summed E-state index contributed by atoms with van der Waals surface area (Å²) in [5.41, 5.74) is 2.56. The van der Waals surface area contributed by atoms with Gasteiger partial charge in [0.05, 0.1) is 5.69 Å². The van der Waals surface area contributed by atoms with Crippen LogP contribution in [0, 0.1) is 0 Å². The number of rotatable bonds is 8. The van der Waals surface area contributed by atoms with Gasteiger partial charge in [-0.25, -0.2) is 4.79 Å². The minimum atomic E-state index is -3.03. The van der Waals surface area contributed by atoms with Gasteiger partial charge in [0, 0.05) is 0 Å². The number of aryl methyl sites for hydroxylation is 2. The molecule has 154 valence electrons. The van der Waals surface area contributed by atoms with Crippen LogP contribution in [0.2, 0.25) is 0 Å². The van der Waals surface area contributed by atoms with Crippen LogP contribution in [0.3, 0.4) is 0 Å². The van der Waals surface area contributed by atoms with Crippen molar-refractivity contribution in [3.8, 4) is 11.5 Å². The number of benzene rings is 2. The Hall–Kier alpha value is -3.16. The molecule has 1 amide bonds. The zero-order valence-electron chi connectivity index (χ0n) is 15.8. The third kappa shape index (κ3) is 5.66. The van der Waals surface area contributed by atoms with Gasteiger partial charge < -0.3 is 19.5 Å². The first-order valence-corrected chi connectivity index (χ1v) is 9.21. The molecule has 0 saturated carbocycles. The molecule has 29 heavy (non-hydrogen) atoms. The molecule has 1 aliphatic carbocycles. The van der Waals surface area contributed by atoms with Crippen molar-refractivity contribution in [3.63, 3.8) is 0 Å². The van der Waals surface area contributed by atoms with Gasteiger partial charge in [-0.15, -0.1) is 0 Å². The third-order valence-corrected chi connectivity index (χ3v) is 4.47. The molecule has 0 radical (unpaired) electrons. The Kier molecular flexibility index (Phi) is 6.64. The molecule has 0 fully saturated rings. The van der Waals surface area contributed by atoms with E-state index in [1.807, 2.05) is 12.1 Å². The number of hydrogen-bond donors (Lipinski definition) is 1. The van der Waals surface area contributed by atoms with Crippen LogP contribution < -0.4 is 14.8 Å². The number of anilines is 1. The Morgan fingerprint density at radius 2 is 1.86 bits per heavy atom. The molecular formula is C21H21F2NO5. The predicted octanol–water partition coefficient (Wildman–Crippen LogP) is 3.73. The summed E-state index contributed by atoms with van der Waals surface area (Å²) in [5, 5.41) is 2.41. The van der Waals surface area contributed by atoms with Crippen molar-refractivity contribution in [1.29, 1.82) is 0 Å². The molecule has 1 N–H and O–H groups in total. The molecule has 2 aromatic rings. The molecule has 1 aliphatic rings. The summed E-state index contributed by atoms with van der Waals surface area (Å²) < 4.78 is 39.7. The van der Waals surface area contributed by atoms with Gasteiger partial charge in [-0.2, -0.15) is 8.78 Å². The number of ether oxygens (including phenoxy) is 3. The van der Waals surface area contributed by atoms with Crippen LogP contribution in [-0.2, 0) is 27.2 Å². The molecule has 0 saturated heterocycles. The lowest BCUT2D eigenvalue weighted by Gasteiger charge is -2.16. The van der Waals surface area contributed by atoms with Crippen LogP contribution in [0.15, 0.2) is 42.5 Å². The minimum Gasteiger partial charge on any atom is -0.482 e. The summed E-state index contributed by atoms with van der Waals surface area (Å²) in [5.74, 6) is -1.02. The van der Waals surface area contributed by atoms with Gasteiger partial charge in [-0.1, -0.05) is 18.2 Å². The van der Waals surface area contributed by atoms with E-state index in [1.165, 1.54) is 36.2 Å². The summed E-state index contributed by atoms with van der Waals surface area (Å²) >= 11 is 0. The van der Waals surface area contributed by atoms with E-state index in [9.17, 15) is 18.4 Å². The minimum absolute atomic E-state index is 0.0510. The largest absolute Gasteiger partial charge is 0.482 e. The number of esters is 1. The lowest BCUT2D eigenvalue weighted by atomic mass is 10.1. The van der Waals surface area contributed by atoms with Gasteiger partial charge >= 0.3 is 12.6 Å². The van der Waals surface area contributed by atoms with Crippen molar-refractivity contribution in [3.05, 3.63) is 53.6 Å². The van der Waals surface area contributed by atoms with Gasteiger partial charge in [0.1, 0.15) is 11.5 Å². The Morgan fingerprint density at radius 3 is 2.66 bits per heavy atom. The molecule has 0 spiro atoms. The topological polar surface area (TPSA) is 73.9 Å². The second kappa shape index (κ2) is 9.36. The van der Waals surface area contributed by atoms with Crippen molar-refractivity contribution in [2.75, 3.05) is 11.9 Å². The first kappa shape index (κ1) is 20.6. The second-order valence-electron chi connectivity index (χ2n) is 6.57. The van der Waals surface area contributed by atoms with Crippen LogP contribution in [0.5, 0.6) is 11.5 Å². The first-order chi connectivity index (χ1) is 13.9. The summed E-state index contributed by atoms with van der Waals surface area (Å²) in [6, 6.07) is 11.4. The lowest BCUT2D eigenvalue weighted by Crippen LogP contribution is -2.31. The Labute approximate surface area is 166 Å². The van der Waals surface area contributed by atoms with E-state index < -0.39 is 24.6 Å². The number of alkyl halides is 2. The number of carbonyl (C=O) groups is 2. The third-order valence-electron chi connectivity index (χ3n) is 4.47. The van der Waals surface area contributed by atoms with Crippen molar-refractivity contribution in [2.45, 2.75) is 38.9 Å². The van der Waals surface area contributed by atoms with Gasteiger partial charge in [0.25, 0.3) is 5.91 Å². The van der Waals surface area contributed by atoms with Crippen LogP contribution in [0.25, 0.3) is 0 Å². The van der Waals surface area contributed by atoms with E-state index in [0.29, 0.717) is 5.75 Å². The number of halogens is 2. The van der Waals surface area contributed by atoms with Gasteiger partial charge in [0.2, 0.25) is 0 Å². The summed E-state index contributed by atoms with van der Waals surface area (Å²) in [7, 11) is 0. The molecule has 0 aromatic heterocycles. The fourth-order valence-electron chi connectivity index (χ4n) is 3.07. The summed E-state index contributed by atoms with van der Waals surface area (Å²) in [6.07, 6.45) is 2.00.